The summed E-state index contributed by atoms with van der Waals surface area (Å²) in [7, 11) is 5.70. The molecule has 1 aromatic heterocycles. The molecule has 224 valence electrons. The van der Waals surface area contributed by atoms with E-state index < -0.39 is 11.4 Å². The molecule has 2 heterocycles. The van der Waals surface area contributed by atoms with E-state index >= 15 is 0 Å². The van der Waals surface area contributed by atoms with Gasteiger partial charge in [-0.3, -0.25) is 4.79 Å². The number of benzene rings is 2. The molecule has 0 aliphatic carbocycles. The number of anilines is 6. The molecule has 1 saturated heterocycles. The van der Waals surface area contributed by atoms with Crippen LogP contribution in [-0.4, -0.2) is 66.7 Å². The van der Waals surface area contributed by atoms with Crippen LogP contribution in [0.15, 0.2) is 49.2 Å². The highest BCUT2D eigenvalue weighted by atomic mass is 35.5. The number of amides is 1. The predicted octanol–water partition coefficient (Wildman–Crippen LogP) is 5.50. The van der Waals surface area contributed by atoms with Crippen molar-refractivity contribution in [1.29, 1.82) is 0 Å². The highest BCUT2D eigenvalue weighted by Crippen LogP contribution is 2.40. The number of carbonyl (C=O) groups excluding carboxylic acids is 1. The van der Waals surface area contributed by atoms with Gasteiger partial charge in [0.05, 0.1) is 34.8 Å². The van der Waals surface area contributed by atoms with Crippen molar-refractivity contribution in [1.82, 2.24) is 14.9 Å². The van der Waals surface area contributed by atoms with E-state index in [2.05, 4.69) is 56.4 Å². The first-order chi connectivity index (χ1) is 19.9. The third-order valence-electron chi connectivity index (χ3n) is 6.90. The number of methoxy groups -OCH3 is 1. The monoisotopic (exact) mass is 597 g/mol. The van der Waals surface area contributed by atoms with Crippen LogP contribution in [0.3, 0.4) is 0 Å². The number of aliphatic hydroxyl groups is 1. The lowest BCUT2D eigenvalue weighted by Crippen LogP contribution is -2.26. The second-order valence-corrected chi connectivity index (χ2v) is 11.4. The molecule has 0 bridgehead atoms. The molecule has 1 amide bonds. The zero-order valence-corrected chi connectivity index (χ0v) is 25.2. The minimum Gasteiger partial charge on any atom is -0.494 e. The Bertz CT molecular complexity index is 1460. The van der Waals surface area contributed by atoms with Crippen LogP contribution in [-0.2, 0) is 10.4 Å². The third-order valence-corrected chi connectivity index (χ3v) is 7.18. The minimum atomic E-state index is -1.34. The van der Waals surface area contributed by atoms with E-state index in [1.165, 1.54) is 18.2 Å². The second kappa shape index (κ2) is 12.9. The number of nitrogens with zero attached hydrogens (tertiary/aromatic N) is 4. The molecule has 10 nitrogen and oxygen atoms in total. The van der Waals surface area contributed by atoms with Gasteiger partial charge in [-0.15, -0.1) is 0 Å². The van der Waals surface area contributed by atoms with Gasteiger partial charge in [0.25, 0.3) is 0 Å². The molecule has 0 spiro atoms. The molecule has 4 rings (SSSR count). The second-order valence-electron chi connectivity index (χ2n) is 11.0. The lowest BCUT2D eigenvalue weighted by Gasteiger charge is -2.25. The van der Waals surface area contributed by atoms with Crippen molar-refractivity contribution in [2.75, 3.05) is 61.7 Å². The molecular formula is C30H37ClFN7O3. The van der Waals surface area contributed by atoms with Crippen LogP contribution in [0, 0.1) is 11.7 Å². The highest BCUT2D eigenvalue weighted by molar-refractivity contribution is 6.31. The maximum absolute atomic E-state index is 14.2. The fourth-order valence-electron chi connectivity index (χ4n) is 5.00. The van der Waals surface area contributed by atoms with E-state index in [-0.39, 0.29) is 16.9 Å². The summed E-state index contributed by atoms with van der Waals surface area (Å²) in [6.45, 7) is 9.37. The smallest absolute Gasteiger partial charge is 0.247 e. The SMILES string of the molecule is C=CC(=O)Nc1cc(Nc2nccc(Nc3cc(Cl)c(F)cc3C(C)(C)O)n2)c(OC)cc1N1CCC(CN(C)C)C1. The number of ether oxygens (including phenoxy) is 1. The van der Waals surface area contributed by atoms with E-state index in [1.54, 1.807) is 39.3 Å². The van der Waals surface area contributed by atoms with Crippen LogP contribution in [0.1, 0.15) is 25.8 Å². The summed E-state index contributed by atoms with van der Waals surface area (Å²) < 4.78 is 19.9. The van der Waals surface area contributed by atoms with Crippen molar-refractivity contribution >= 4 is 52.0 Å². The van der Waals surface area contributed by atoms with E-state index in [9.17, 15) is 14.3 Å². The molecule has 1 unspecified atom stereocenters. The fraction of sp³-hybridized carbons (Fsp3) is 0.367. The van der Waals surface area contributed by atoms with E-state index in [1.807, 2.05) is 6.07 Å². The van der Waals surface area contributed by atoms with E-state index in [0.29, 0.717) is 40.1 Å². The van der Waals surface area contributed by atoms with Crippen LogP contribution in [0.4, 0.5) is 38.9 Å². The van der Waals surface area contributed by atoms with Crippen molar-refractivity contribution in [2.45, 2.75) is 25.9 Å². The predicted molar refractivity (Wildman–Crippen MR) is 166 cm³/mol. The van der Waals surface area contributed by atoms with Crippen molar-refractivity contribution in [3.63, 3.8) is 0 Å². The van der Waals surface area contributed by atoms with Gasteiger partial charge in [0.15, 0.2) is 0 Å². The van der Waals surface area contributed by atoms with E-state index in [4.69, 9.17) is 16.3 Å². The lowest BCUT2D eigenvalue weighted by molar-refractivity contribution is -0.111. The summed E-state index contributed by atoms with van der Waals surface area (Å²) in [4.78, 5) is 25.6. The number of carbonyl (C=O) groups is 1. The molecule has 1 atom stereocenters. The summed E-state index contributed by atoms with van der Waals surface area (Å²) in [6, 6.07) is 7.89. The van der Waals surface area contributed by atoms with Gasteiger partial charge in [-0.1, -0.05) is 18.2 Å². The van der Waals surface area contributed by atoms with Crippen LogP contribution < -0.4 is 25.6 Å². The van der Waals surface area contributed by atoms with Gasteiger partial charge in [0.1, 0.15) is 17.4 Å². The average Bonchev–Trinajstić information content (AvgIpc) is 3.37. The Morgan fingerprint density at radius 2 is 2.02 bits per heavy atom. The Morgan fingerprint density at radius 3 is 2.69 bits per heavy atom. The lowest BCUT2D eigenvalue weighted by atomic mass is 9.96. The molecule has 4 N–H and O–H groups in total. The van der Waals surface area contributed by atoms with Crippen LogP contribution in [0.5, 0.6) is 5.75 Å². The van der Waals surface area contributed by atoms with Gasteiger partial charge in [0.2, 0.25) is 11.9 Å². The topological polar surface area (TPSA) is 115 Å². The molecule has 12 heteroatoms. The number of aromatic nitrogens is 2. The van der Waals surface area contributed by atoms with Crippen molar-refractivity contribution < 1.29 is 19.0 Å². The third kappa shape index (κ3) is 7.47. The normalized spacial score (nSPS) is 15.1. The summed E-state index contributed by atoms with van der Waals surface area (Å²) in [6.07, 6.45) is 3.81. The summed E-state index contributed by atoms with van der Waals surface area (Å²) in [5.41, 5.74) is 1.34. The Balaban J connectivity index is 1.65. The van der Waals surface area contributed by atoms with Crippen LogP contribution in [0.2, 0.25) is 5.02 Å². The van der Waals surface area contributed by atoms with Gasteiger partial charge in [-0.2, -0.15) is 4.98 Å². The maximum Gasteiger partial charge on any atom is 0.247 e. The van der Waals surface area contributed by atoms with Crippen molar-refractivity contribution in [3.05, 3.63) is 65.6 Å². The Labute approximate surface area is 250 Å². The van der Waals surface area contributed by atoms with Gasteiger partial charge in [0, 0.05) is 43.1 Å². The molecule has 2 aromatic carbocycles. The summed E-state index contributed by atoms with van der Waals surface area (Å²) in [5.74, 6) is 0.677. The molecule has 0 saturated carbocycles. The fourth-order valence-corrected chi connectivity index (χ4v) is 5.17. The quantitative estimate of drug-likeness (QED) is 0.213. The standard InChI is InChI=1S/C30H37ClFN7O3/c1-7-28(40)35-23-14-24(26(42-6)15-25(23)39-11-9-18(17-39)16-38(4)5)36-29-33-10-8-27(37-29)34-22-13-20(31)21(32)12-19(22)30(2,3)41/h7-8,10,12-15,18,41H,1,9,11,16-17H2,2-6H3,(H,35,40)(H2,33,34,36,37). The first kappa shape index (κ1) is 31.0. The maximum atomic E-state index is 14.2. The first-order valence-corrected chi connectivity index (χ1v) is 13.9. The zero-order chi connectivity index (χ0) is 30.6. The molecule has 0 radical (unpaired) electrons. The zero-order valence-electron chi connectivity index (χ0n) is 24.5. The van der Waals surface area contributed by atoms with Gasteiger partial charge < -0.3 is 35.6 Å². The molecule has 42 heavy (non-hydrogen) atoms. The number of rotatable bonds is 11. The van der Waals surface area contributed by atoms with Crippen molar-refractivity contribution in [2.24, 2.45) is 5.92 Å². The van der Waals surface area contributed by atoms with Gasteiger partial charge in [-0.05, 0) is 70.6 Å². The molecule has 1 aliphatic rings. The number of hydrogen-bond donors (Lipinski definition) is 4. The Morgan fingerprint density at radius 1 is 1.26 bits per heavy atom. The Kier molecular flexibility index (Phi) is 9.55. The number of nitrogens with one attached hydrogen (secondary N) is 3. The molecule has 1 fully saturated rings. The Hall–Kier alpha value is -3.93. The summed E-state index contributed by atoms with van der Waals surface area (Å²) >= 11 is 6.03. The molecule has 1 aliphatic heterocycles. The first-order valence-electron chi connectivity index (χ1n) is 13.5. The van der Waals surface area contributed by atoms with Gasteiger partial charge in [-0.25, -0.2) is 9.37 Å². The van der Waals surface area contributed by atoms with E-state index in [0.717, 1.165) is 31.7 Å². The molecule has 3 aromatic rings. The number of halogens is 2. The van der Waals surface area contributed by atoms with Crippen molar-refractivity contribution in [3.8, 4) is 5.75 Å². The minimum absolute atomic E-state index is 0.0946. The summed E-state index contributed by atoms with van der Waals surface area (Å²) in [5, 5.41) is 19.7. The average molecular weight is 598 g/mol. The van der Waals surface area contributed by atoms with Crippen LogP contribution in [0.25, 0.3) is 0 Å². The number of hydrogen-bond acceptors (Lipinski definition) is 9. The van der Waals surface area contributed by atoms with Gasteiger partial charge >= 0.3 is 0 Å². The molecular weight excluding hydrogens is 561 g/mol. The largest absolute Gasteiger partial charge is 0.494 e. The van der Waals surface area contributed by atoms with Crippen LogP contribution >= 0.6 is 11.6 Å². The highest BCUT2D eigenvalue weighted by Gasteiger charge is 2.27.